The summed E-state index contributed by atoms with van der Waals surface area (Å²) in [5.41, 5.74) is 6.73. The van der Waals surface area contributed by atoms with Gasteiger partial charge in [0.1, 0.15) is 24.1 Å². The average molecular weight is 485 g/mol. The highest BCUT2D eigenvalue weighted by Gasteiger charge is 2.38. The number of methoxy groups -OCH3 is 1. The summed E-state index contributed by atoms with van der Waals surface area (Å²) in [5, 5.41) is 0. The van der Waals surface area contributed by atoms with Gasteiger partial charge in [0.05, 0.1) is 11.7 Å². The third-order valence-corrected chi connectivity index (χ3v) is 5.78. The Morgan fingerprint density at radius 3 is 2.51 bits per heavy atom. The van der Waals surface area contributed by atoms with Crippen LogP contribution in [0.2, 0.25) is 0 Å². The lowest BCUT2D eigenvalue weighted by Gasteiger charge is -2.40. The maximum absolute atomic E-state index is 14.7. The zero-order chi connectivity index (χ0) is 25.6. The highest BCUT2D eigenvalue weighted by Crippen LogP contribution is 2.39. The Labute approximate surface area is 205 Å². The van der Waals surface area contributed by atoms with Gasteiger partial charge in [-0.1, -0.05) is 51.1 Å². The second kappa shape index (κ2) is 11.6. The van der Waals surface area contributed by atoms with Gasteiger partial charge >= 0.3 is 0 Å². The Hall–Kier alpha value is -3.10. The van der Waals surface area contributed by atoms with Gasteiger partial charge in [-0.15, -0.1) is 0 Å². The lowest BCUT2D eigenvalue weighted by Crippen LogP contribution is -2.45. The van der Waals surface area contributed by atoms with Gasteiger partial charge < -0.3 is 19.9 Å². The summed E-state index contributed by atoms with van der Waals surface area (Å²) in [6, 6.07) is 12.6. The fraction of sp³-hybridized carbons (Fsp3) is 0.407. The molecule has 6 nitrogen and oxygen atoms in total. The van der Waals surface area contributed by atoms with E-state index in [1.54, 1.807) is 11.1 Å². The number of benzene rings is 2. The van der Waals surface area contributed by atoms with E-state index in [4.69, 9.17) is 15.5 Å². The molecule has 0 aliphatic heterocycles. The van der Waals surface area contributed by atoms with Crippen LogP contribution < -0.4 is 5.73 Å². The lowest BCUT2D eigenvalue weighted by atomic mass is 9.84. The molecule has 8 heteroatoms. The minimum absolute atomic E-state index is 0.0717. The molecule has 0 aliphatic rings. The monoisotopic (exact) mass is 484 g/mol. The number of hydrogen-bond acceptors (Lipinski definition) is 4. The number of carbonyl (C=O) groups excluding carboxylic acids is 1. The average Bonchev–Trinajstić information content (AvgIpc) is 3.20. The molecule has 0 saturated heterocycles. The Balaban J connectivity index is 2.20. The van der Waals surface area contributed by atoms with Crippen LogP contribution in [0.1, 0.15) is 44.6 Å². The van der Waals surface area contributed by atoms with E-state index in [0.29, 0.717) is 37.6 Å². The van der Waals surface area contributed by atoms with Crippen molar-refractivity contribution in [1.29, 1.82) is 0 Å². The van der Waals surface area contributed by atoms with E-state index in [9.17, 15) is 13.6 Å². The summed E-state index contributed by atoms with van der Waals surface area (Å²) in [6.07, 6.45) is 2.33. The first kappa shape index (κ1) is 26.5. The molecule has 1 heterocycles. The molecule has 0 fully saturated rings. The first-order chi connectivity index (χ1) is 16.7. The highest BCUT2D eigenvalue weighted by atomic mass is 19.1. The van der Waals surface area contributed by atoms with Crippen molar-refractivity contribution in [2.75, 3.05) is 26.8 Å². The van der Waals surface area contributed by atoms with E-state index in [-0.39, 0.29) is 18.1 Å². The van der Waals surface area contributed by atoms with Crippen LogP contribution in [0.25, 0.3) is 11.3 Å². The first-order valence-electron chi connectivity index (χ1n) is 11.7. The van der Waals surface area contributed by atoms with E-state index in [1.165, 1.54) is 7.11 Å². The SMILES string of the molecule is COCC(=O)N(CCCN)C(c1nc(-c2cc(F)ccc2F)cn1Cc1ccccc1)C(C)(C)C. The molecule has 188 valence electrons. The van der Waals surface area contributed by atoms with Gasteiger partial charge in [-0.2, -0.15) is 0 Å². The highest BCUT2D eigenvalue weighted by molar-refractivity contribution is 5.78. The summed E-state index contributed by atoms with van der Waals surface area (Å²) < 4.78 is 35.8. The zero-order valence-electron chi connectivity index (χ0n) is 20.8. The van der Waals surface area contributed by atoms with E-state index in [0.717, 1.165) is 23.8 Å². The normalized spacial score (nSPS) is 12.5. The predicted molar refractivity (Wildman–Crippen MR) is 133 cm³/mol. The number of ether oxygens (including phenoxy) is 1. The molecular weight excluding hydrogens is 450 g/mol. The molecule has 0 saturated carbocycles. The van der Waals surface area contributed by atoms with Gasteiger partial charge in [0.25, 0.3) is 0 Å². The van der Waals surface area contributed by atoms with Crippen molar-refractivity contribution in [2.24, 2.45) is 11.1 Å². The number of imidazole rings is 1. The molecule has 2 N–H and O–H groups in total. The number of aromatic nitrogens is 2. The van der Waals surface area contributed by atoms with E-state index in [1.807, 2.05) is 55.7 Å². The number of hydrogen-bond donors (Lipinski definition) is 1. The molecule has 0 spiro atoms. The molecule has 3 aromatic rings. The van der Waals surface area contributed by atoms with Crippen molar-refractivity contribution in [1.82, 2.24) is 14.5 Å². The molecule has 0 bridgehead atoms. The Bertz CT molecular complexity index is 1130. The number of nitrogens with zero attached hydrogens (tertiary/aromatic N) is 3. The van der Waals surface area contributed by atoms with Crippen LogP contribution in [0, 0.1) is 17.0 Å². The molecule has 35 heavy (non-hydrogen) atoms. The fourth-order valence-electron chi connectivity index (χ4n) is 4.24. The van der Waals surface area contributed by atoms with E-state index >= 15 is 0 Å². The molecular formula is C27H34F2N4O2. The van der Waals surface area contributed by atoms with E-state index in [2.05, 4.69) is 0 Å². The van der Waals surface area contributed by atoms with Crippen LogP contribution in [0.15, 0.2) is 54.7 Å². The molecule has 1 amide bonds. The second-order valence-electron chi connectivity index (χ2n) is 9.65. The quantitative estimate of drug-likeness (QED) is 0.449. The van der Waals surface area contributed by atoms with Crippen LogP contribution in [0.4, 0.5) is 8.78 Å². The molecule has 3 rings (SSSR count). The molecule has 2 aromatic carbocycles. The smallest absolute Gasteiger partial charge is 0.249 e. The number of carbonyl (C=O) groups is 1. The Morgan fingerprint density at radius 1 is 1.17 bits per heavy atom. The minimum atomic E-state index is -0.565. The molecule has 1 atom stereocenters. The summed E-state index contributed by atoms with van der Waals surface area (Å²) in [7, 11) is 1.48. The third kappa shape index (κ3) is 6.52. The Morgan fingerprint density at radius 2 is 1.89 bits per heavy atom. The lowest BCUT2D eigenvalue weighted by molar-refractivity contribution is -0.140. The van der Waals surface area contributed by atoms with Crippen LogP contribution >= 0.6 is 0 Å². The molecule has 1 unspecified atom stereocenters. The van der Waals surface area contributed by atoms with Crippen molar-refractivity contribution in [3.8, 4) is 11.3 Å². The van der Waals surface area contributed by atoms with Gasteiger partial charge in [-0.25, -0.2) is 13.8 Å². The van der Waals surface area contributed by atoms with Gasteiger partial charge in [-0.05, 0) is 42.1 Å². The van der Waals surface area contributed by atoms with Crippen molar-refractivity contribution in [2.45, 2.75) is 39.8 Å². The number of halogens is 2. The predicted octanol–water partition coefficient (Wildman–Crippen LogP) is 4.79. The summed E-state index contributed by atoms with van der Waals surface area (Å²) >= 11 is 0. The van der Waals surface area contributed by atoms with Crippen LogP contribution in [-0.2, 0) is 16.1 Å². The minimum Gasteiger partial charge on any atom is -0.375 e. The second-order valence-corrected chi connectivity index (χ2v) is 9.65. The fourth-order valence-corrected chi connectivity index (χ4v) is 4.24. The van der Waals surface area contributed by atoms with Crippen LogP contribution in [0.3, 0.4) is 0 Å². The van der Waals surface area contributed by atoms with Crippen molar-refractivity contribution >= 4 is 5.91 Å². The summed E-state index contributed by atoms with van der Waals surface area (Å²) in [5.74, 6) is -0.715. The maximum atomic E-state index is 14.7. The number of amides is 1. The zero-order valence-corrected chi connectivity index (χ0v) is 20.8. The summed E-state index contributed by atoms with van der Waals surface area (Å²) in [4.78, 5) is 19.7. The van der Waals surface area contributed by atoms with Crippen molar-refractivity contribution < 1.29 is 18.3 Å². The number of nitrogens with two attached hydrogens (primary N) is 1. The van der Waals surface area contributed by atoms with Crippen LogP contribution in [-0.4, -0.2) is 47.2 Å². The van der Waals surface area contributed by atoms with E-state index < -0.39 is 23.1 Å². The summed E-state index contributed by atoms with van der Waals surface area (Å²) in [6.45, 7) is 7.29. The van der Waals surface area contributed by atoms with Gasteiger partial charge in [0.2, 0.25) is 5.91 Å². The van der Waals surface area contributed by atoms with Crippen molar-refractivity contribution in [3.63, 3.8) is 0 Å². The van der Waals surface area contributed by atoms with Crippen molar-refractivity contribution in [3.05, 3.63) is 77.8 Å². The molecule has 0 aliphatic carbocycles. The molecule has 1 aromatic heterocycles. The van der Waals surface area contributed by atoms with Gasteiger partial charge in [-0.3, -0.25) is 4.79 Å². The topological polar surface area (TPSA) is 73.4 Å². The maximum Gasteiger partial charge on any atom is 0.249 e. The third-order valence-electron chi connectivity index (χ3n) is 5.78. The number of rotatable bonds is 10. The Kier molecular flexibility index (Phi) is 8.75. The first-order valence-corrected chi connectivity index (χ1v) is 11.7. The largest absolute Gasteiger partial charge is 0.375 e. The van der Waals surface area contributed by atoms with Crippen LogP contribution in [0.5, 0.6) is 0 Å². The van der Waals surface area contributed by atoms with Gasteiger partial charge in [0.15, 0.2) is 0 Å². The standard InChI is InChI=1S/C27H34F2N4O2/c1-27(2,3)25(33(14-8-13-30)24(34)18-35-4)26-31-23(21-15-20(28)11-12-22(21)29)17-32(26)16-19-9-6-5-7-10-19/h5-7,9-12,15,17,25H,8,13-14,16,18,30H2,1-4H3. The van der Waals surface area contributed by atoms with Gasteiger partial charge in [0, 0.05) is 32.0 Å². The molecule has 0 radical (unpaired) electrons.